The normalized spacial score (nSPS) is 9.25. The van der Waals surface area contributed by atoms with Gasteiger partial charge >= 0.3 is 6.09 Å². The minimum Gasteiger partial charge on any atom is -0.463 e. The van der Waals surface area contributed by atoms with Crippen molar-refractivity contribution in [2.75, 3.05) is 5.73 Å². The maximum absolute atomic E-state index is 11.3. The molecule has 16 heavy (non-hydrogen) atoms. The summed E-state index contributed by atoms with van der Waals surface area (Å²) in [7, 11) is 0. The summed E-state index contributed by atoms with van der Waals surface area (Å²) in [5.41, 5.74) is 4.97. The lowest BCUT2D eigenvalue weighted by Gasteiger charge is -2.08. The van der Waals surface area contributed by atoms with Crippen LogP contribution in [0, 0.1) is 11.3 Å². The molecule has 0 fully saturated rings. The molecule has 8 heteroatoms. The Bertz CT molecular complexity index is 493. The van der Waals surface area contributed by atoms with Crippen LogP contribution in [0.4, 0.5) is 10.6 Å². The SMILES string of the molecule is N#Cc1cc(C(=O)N(O)C(=O)O)cnc1N. The smallest absolute Gasteiger partial charge is 0.439 e. The molecule has 1 rings (SSSR count). The third-order valence-corrected chi connectivity index (χ3v) is 1.66. The second-order valence-corrected chi connectivity index (χ2v) is 2.67. The summed E-state index contributed by atoms with van der Waals surface area (Å²) in [6, 6.07) is 2.71. The van der Waals surface area contributed by atoms with Crippen LogP contribution in [0.5, 0.6) is 0 Å². The Morgan fingerprint density at radius 2 is 2.19 bits per heavy atom. The van der Waals surface area contributed by atoms with Gasteiger partial charge in [0.1, 0.15) is 11.9 Å². The van der Waals surface area contributed by atoms with E-state index >= 15 is 0 Å². The lowest BCUT2D eigenvalue weighted by atomic mass is 10.2. The number of nitrogen functional groups attached to an aromatic ring is 1. The highest BCUT2D eigenvalue weighted by Crippen LogP contribution is 2.10. The molecule has 1 aromatic rings. The van der Waals surface area contributed by atoms with Gasteiger partial charge in [0.15, 0.2) is 0 Å². The largest absolute Gasteiger partial charge is 0.463 e. The van der Waals surface area contributed by atoms with E-state index in [-0.39, 0.29) is 16.9 Å². The zero-order chi connectivity index (χ0) is 12.3. The minimum atomic E-state index is -1.83. The number of carboxylic acid groups (broad SMARTS) is 1. The molecule has 0 bridgehead atoms. The summed E-state index contributed by atoms with van der Waals surface area (Å²) in [6.07, 6.45) is -0.870. The van der Waals surface area contributed by atoms with Crippen LogP contribution in [-0.4, -0.2) is 32.4 Å². The van der Waals surface area contributed by atoms with Crippen LogP contribution >= 0.6 is 0 Å². The average Bonchev–Trinajstić information content (AvgIpc) is 2.27. The van der Waals surface area contributed by atoms with Crippen LogP contribution in [0.2, 0.25) is 0 Å². The van der Waals surface area contributed by atoms with Crippen molar-refractivity contribution in [3.8, 4) is 6.07 Å². The van der Waals surface area contributed by atoms with Gasteiger partial charge in [-0.25, -0.2) is 9.78 Å². The first-order valence-electron chi connectivity index (χ1n) is 3.89. The molecule has 0 atom stereocenters. The van der Waals surface area contributed by atoms with E-state index in [1.807, 2.05) is 0 Å². The van der Waals surface area contributed by atoms with E-state index in [1.54, 1.807) is 6.07 Å². The summed E-state index contributed by atoms with van der Waals surface area (Å²) in [5.74, 6) is -1.30. The number of amides is 2. The number of hydrogen-bond acceptors (Lipinski definition) is 6. The predicted molar refractivity (Wildman–Crippen MR) is 49.3 cm³/mol. The Morgan fingerprint density at radius 3 is 2.69 bits per heavy atom. The number of anilines is 1. The first-order valence-corrected chi connectivity index (χ1v) is 3.89. The third kappa shape index (κ3) is 2.05. The Balaban J connectivity index is 3.12. The van der Waals surface area contributed by atoms with Crippen molar-refractivity contribution in [3.05, 3.63) is 23.4 Å². The highest BCUT2D eigenvalue weighted by Gasteiger charge is 2.21. The third-order valence-electron chi connectivity index (χ3n) is 1.66. The number of nitriles is 1. The molecule has 4 N–H and O–H groups in total. The number of aromatic nitrogens is 1. The average molecular weight is 222 g/mol. The maximum atomic E-state index is 11.3. The topological polar surface area (TPSA) is 141 Å². The van der Waals surface area contributed by atoms with E-state index in [1.165, 1.54) is 0 Å². The second-order valence-electron chi connectivity index (χ2n) is 2.67. The number of carbonyl (C=O) groups excluding carboxylic acids is 1. The molecule has 1 aromatic heterocycles. The van der Waals surface area contributed by atoms with Crippen molar-refractivity contribution in [1.29, 1.82) is 5.26 Å². The molecule has 82 valence electrons. The van der Waals surface area contributed by atoms with E-state index in [0.29, 0.717) is 0 Å². The van der Waals surface area contributed by atoms with E-state index in [0.717, 1.165) is 12.3 Å². The molecule has 0 spiro atoms. The number of hydroxylamine groups is 2. The van der Waals surface area contributed by atoms with Crippen molar-refractivity contribution < 1.29 is 19.9 Å². The number of nitrogens with zero attached hydrogens (tertiary/aromatic N) is 3. The fourth-order valence-electron chi connectivity index (χ4n) is 0.891. The molecule has 0 aliphatic carbocycles. The summed E-state index contributed by atoms with van der Waals surface area (Å²) in [6.45, 7) is 0. The fraction of sp³-hybridized carbons (Fsp3) is 0. The van der Waals surface area contributed by atoms with E-state index in [4.69, 9.17) is 21.3 Å². The Morgan fingerprint density at radius 1 is 1.56 bits per heavy atom. The van der Waals surface area contributed by atoms with Crippen molar-refractivity contribution in [1.82, 2.24) is 10.0 Å². The lowest BCUT2D eigenvalue weighted by Crippen LogP contribution is -2.32. The highest BCUT2D eigenvalue weighted by atomic mass is 16.6. The monoisotopic (exact) mass is 222 g/mol. The van der Waals surface area contributed by atoms with Crippen molar-refractivity contribution in [2.24, 2.45) is 0 Å². The Labute approximate surface area is 89.1 Å². The van der Waals surface area contributed by atoms with Crippen LogP contribution in [-0.2, 0) is 0 Å². The molecule has 0 aliphatic heterocycles. The van der Waals surface area contributed by atoms with Gasteiger partial charge in [-0.05, 0) is 6.07 Å². The Kier molecular flexibility index (Phi) is 3.03. The van der Waals surface area contributed by atoms with Crippen molar-refractivity contribution >= 4 is 17.8 Å². The van der Waals surface area contributed by atoms with Gasteiger partial charge in [0, 0.05) is 6.20 Å². The molecule has 2 amide bonds. The summed E-state index contributed by atoms with van der Waals surface area (Å²) in [5, 5.41) is 25.3. The number of imide groups is 1. The van der Waals surface area contributed by atoms with Crippen molar-refractivity contribution in [3.63, 3.8) is 0 Å². The van der Waals surface area contributed by atoms with Gasteiger partial charge in [0.25, 0.3) is 5.91 Å². The van der Waals surface area contributed by atoms with Gasteiger partial charge < -0.3 is 10.8 Å². The Hall–Kier alpha value is -2.66. The number of nitrogens with two attached hydrogens (primary N) is 1. The molecule has 0 aromatic carbocycles. The van der Waals surface area contributed by atoms with Gasteiger partial charge in [-0.15, -0.1) is 5.06 Å². The number of carbonyl (C=O) groups is 2. The second kappa shape index (κ2) is 4.24. The molecular formula is C8H6N4O4. The fourth-order valence-corrected chi connectivity index (χ4v) is 0.891. The maximum Gasteiger partial charge on any atom is 0.439 e. The highest BCUT2D eigenvalue weighted by molar-refractivity contribution is 6.01. The van der Waals surface area contributed by atoms with Gasteiger partial charge in [0.2, 0.25) is 0 Å². The molecule has 0 unspecified atom stereocenters. The summed E-state index contributed by atoms with van der Waals surface area (Å²) in [4.78, 5) is 25.1. The van der Waals surface area contributed by atoms with Crippen LogP contribution in [0.1, 0.15) is 15.9 Å². The van der Waals surface area contributed by atoms with Gasteiger partial charge in [-0.3, -0.25) is 10.0 Å². The molecule has 0 radical (unpaired) electrons. The summed E-state index contributed by atoms with van der Waals surface area (Å²) >= 11 is 0. The molecular weight excluding hydrogens is 216 g/mol. The quantitative estimate of drug-likeness (QED) is 0.450. The minimum absolute atomic E-state index is 0.0790. The van der Waals surface area contributed by atoms with Gasteiger partial charge in [0.05, 0.1) is 11.1 Å². The van der Waals surface area contributed by atoms with E-state index in [2.05, 4.69) is 4.98 Å². The zero-order valence-electron chi connectivity index (χ0n) is 7.78. The van der Waals surface area contributed by atoms with Gasteiger partial charge in [-0.2, -0.15) is 5.26 Å². The number of hydrogen-bond donors (Lipinski definition) is 3. The first kappa shape index (κ1) is 11.4. The molecule has 0 saturated heterocycles. The first-order chi connectivity index (χ1) is 7.47. The number of pyridine rings is 1. The molecule has 8 nitrogen and oxygen atoms in total. The van der Waals surface area contributed by atoms with E-state index in [9.17, 15) is 9.59 Å². The van der Waals surface area contributed by atoms with Crippen LogP contribution in [0.15, 0.2) is 12.3 Å². The predicted octanol–water partition coefficient (Wildman–Crippen LogP) is 0.0449. The van der Waals surface area contributed by atoms with Crippen LogP contribution in [0.25, 0.3) is 0 Å². The lowest BCUT2D eigenvalue weighted by molar-refractivity contribution is -0.0396. The number of rotatable bonds is 1. The van der Waals surface area contributed by atoms with E-state index < -0.39 is 17.1 Å². The molecule has 0 aliphatic rings. The molecule has 1 heterocycles. The van der Waals surface area contributed by atoms with Crippen LogP contribution < -0.4 is 5.73 Å². The van der Waals surface area contributed by atoms with Crippen molar-refractivity contribution in [2.45, 2.75) is 0 Å². The standard InChI is InChI=1S/C8H6N4O4/c9-2-4-1-5(3-11-6(4)10)7(13)12(16)8(14)15/h1,3,16H,(H2,10,11)(H,14,15). The van der Waals surface area contributed by atoms with Crippen LogP contribution in [0.3, 0.4) is 0 Å². The summed E-state index contributed by atoms with van der Waals surface area (Å²) < 4.78 is 0. The zero-order valence-corrected chi connectivity index (χ0v) is 7.78. The molecule has 0 saturated carbocycles. The van der Waals surface area contributed by atoms with Gasteiger partial charge in [-0.1, -0.05) is 0 Å².